The Bertz CT molecular complexity index is 1720. The number of aliphatic hydroxyl groups is 1. The summed E-state index contributed by atoms with van der Waals surface area (Å²) in [5.41, 5.74) is 0. The van der Waals surface area contributed by atoms with Crippen LogP contribution in [0.2, 0.25) is 0 Å². The van der Waals surface area contributed by atoms with Crippen LogP contribution in [0, 0.1) is 23.7 Å². The molecular formula is C67H130O17P2. The molecule has 0 fully saturated rings. The molecule has 3 N–H and O–H groups in total. The number of carbonyl (C=O) groups is 4. The first-order chi connectivity index (χ1) is 41.1. The molecule has 6 atom stereocenters. The summed E-state index contributed by atoms with van der Waals surface area (Å²) in [6.07, 6.45) is 37.7. The molecule has 0 aromatic carbocycles. The molecule has 0 saturated heterocycles. The third kappa shape index (κ3) is 59.7. The van der Waals surface area contributed by atoms with Gasteiger partial charge in [0.1, 0.15) is 19.3 Å². The molecule has 0 aromatic heterocycles. The normalized spacial score (nSPS) is 14.7. The highest BCUT2D eigenvalue weighted by molar-refractivity contribution is 7.47. The van der Waals surface area contributed by atoms with E-state index in [9.17, 15) is 43.2 Å². The van der Waals surface area contributed by atoms with Gasteiger partial charge in [-0.3, -0.25) is 37.3 Å². The van der Waals surface area contributed by atoms with Gasteiger partial charge in [-0.05, 0) is 49.4 Å². The van der Waals surface area contributed by atoms with E-state index in [4.69, 9.17) is 37.0 Å². The van der Waals surface area contributed by atoms with Crippen molar-refractivity contribution in [2.75, 3.05) is 39.6 Å². The maximum Gasteiger partial charge on any atom is 0.472 e. The molecule has 0 aliphatic carbocycles. The van der Waals surface area contributed by atoms with Gasteiger partial charge in [-0.2, -0.15) is 0 Å². The first-order valence-electron chi connectivity index (χ1n) is 34.7. The minimum atomic E-state index is -4.95. The Kier molecular flexibility index (Phi) is 55.7. The summed E-state index contributed by atoms with van der Waals surface area (Å²) in [5, 5.41) is 10.6. The number of phosphoric acid groups is 2. The predicted octanol–water partition coefficient (Wildman–Crippen LogP) is 18.5. The maximum absolute atomic E-state index is 13.0. The molecule has 3 unspecified atom stereocenters. The highest BCUT2D eigenvalue weighted by Gasteiger charge is 2.30. The zero-order valence-corrected chi connectivity index (χ0v) is 57.7. The Morgan fingerprint density at radius 2 is 0.558 bits per heavy atom. The van der Waals surface area contributed by atoms with Gasteiger partial charge in [-0.1, -0.05) is 274 Å². The molecule has 0 radical (unpaired) electrons. The average molecular weight is 1270 g/mol. The van der Waals surface area contributed by atoms with Crippen molar-refractivity contribution < 1.29 is 80.2 Å². The van der Waals surface area contributed by atoms with E-state index >= 15 is 0 Å². The minimum Gasteiger partial charge on any atom is -0.462 e. The summed E-state index contributed by atoms with van der Waals surface area (Å²) in [5.74, 6) is 0.799. The zero-order chi connectivity index (χ0) is 63.9. The lowest BCUT2D eigenvalue weighted by atomic mass is 10.00. The van der Waals surface area contributed by atoms with Crippen molar-refractivity contribution in [3.05, 3.63) is 0 Å². The second-order valence-corrected chi connectivity index (χ2v) is 28.8. The summed E-state index contributed by atoms with van der Waals surface area (Å²) in [6, 6.07) is 0. The predicted molar refractivity (Wildman–Crippen MR) is 344 cm³/mol. The van der Waals surface area contributed by atoms with Crippen LogP contribution < -0.4 is 0 Å². The lowest BCUT2D eigenvalue weighted by Crippen LogP contribution is -2.30. The van der Waals surface area contributed by atoms with Crippen molar-refractivity contribution in [3.63, 3.8) is 0 Å². The van der Waals surface area contributed by atoms with Gasteiger partial charge in [0, 0.05) is 25.7 Å². The van der Waals surface area contributed by atoms with Crippen LogP contribution in [0.3, 0.4) is 0 Å². The van der Waals surface area contributed by atoms with Crippen LogP contribution in [-0.2, 0) is 65.4 Å². The van der Waals surface area contributed by atoms with Gasteiger partial charge in [-0.15, -0.1) is 0 Å². The third-order valence-corrected chi connectivity index (χ3v) is 17.6. The molecule has 17 nitrogen and oxygen atoms in total. The van der Waals surface area contributed by atoms with Crippen molar-refractivity contribution >= 4 is 39.5 Å². The number of carbonyl (C=O) groups excluding carboxylic acids is 4. The van der Waals surface area contributed by atoms with E-state index in [-0.39, 0.29) is 25.7 Å². The van der Waals surface area contributed by atoms with Crippen LogP contribution in [-0.4, -0.2) is 96.7 Å². The maximum atomic E-state index is 13.0. The van der Waals surface area contributed by atoms with Crippen molar-refractivity contribution in [1.82, 2.24) is 0 Å². The highest BCUT2D eigenvalue weighted by atomic mass is 31.2. The highest BCUT2D eigenvalue weighted by Crippen LogP contribution is 2.45. The van der Waals surface area contributed by atoms with Crippen LogP contribution in [0.15, 0.2) is 0 Å². The second kappa shape index (κ2) is 57.0. The fourth-order valence-corrected chi connectivity index (χ4v) is 11.5. The largest absolute Gasteiger partial charge is 0.472 e. The van der Waals surface area contributed by atoms with E-state index in [1.54, 1.807) is 0 Å². The zero-order valence-electron chi connectivity index (χ0n) is 55.9. The molecule has 0 rings (SSSR count). The van der Waals surface area contributed by atoms with Gasteiger partial charge in [0.25, 0.3) is 0 Å². The number of unbranched alkanes of at least 4 members (excludes halogenated alkanes) is 29. The second-order valence-electron chi connectivity index (χ2n) is 25.9. The molecule has 0 amide bonds. The van der Waals surface area contributed by atoms with Crippen LogP contribution >= 0.6 is 15.6 Å². The van der Waals surface area contributed by atoms with Crippen molar-refractivity contribution in [2.45, 2.75) is 343 Å². The number of esters is 4. The van der Waals surface area contributed by atoms with Gasteiger partial charge in [0.2, 0.25) is 0 Å². The lowest BCUT2D eigenvalue weighted by molar-refractivity contribution is -0.161. The molecule has 0 aromatic rings. The molecule has 19 heteroatoms. The number of ether oxygens (including phenoxy) is 4. The SMILES string of the molecule is CCC(C)CCCCCCCCC(=O)OC[C@H](COP(=O)(O)OC[C@H](O)COP(=O)(O)OC[C@@H](COC(=O)CCCCCCCCCCCC(C)C)OC(=O)CCCCCCCCCCCCCC(C)C)OC(=O)CCCCCCCCCC(C)C. The number of phosphoric ester groups is 2. The molecule has 0 aliphatic heterocycles. The molecule has 0 bridgehead atoms. The molecule has 0 saturated carbocycles. The third-order valence-electron chi connectivity index (χ3n) is 15.7. The van der Waals surface area contributed by atoms with E-state index in [2.05, 4.69) is 55.4 Å². The van der Waals surface area contributed by atoms with Gasteiger partial charge in [0.05, 0.1) is 26.4 Å². The van der Waals surface area contributed by atoms with E-state index in [1.165, 1.54) is 122 Å². The number of hydrogen-bond acceptors (Lipinski definition) is 15. The van der Waals surface area contributed by atoms with Crippen molar-refractivity contribution in [3.8, 4) is 0 Å². The lowest BCUT2D eigenvalue weighted by Gasteiger charge is -2.21. The number of aliphatic hydroxyl groups excluding tert-OH is 1. The molecule has 0 aliphatic rings. The van der Waals surface area contributed by atoms with Gasteiger partial charge in [0.15, 0.2) is 12.2 Å². The quantitative estimate of drug-likeness (QED) is 0.0222. The molecule has 86 heavy (non-hydrogen) atoms. The number of rotatable bonds is 64. The molecular weight excluding hydrogens is 1140 g/mol. The Labute approximate surface area is 524 Å². The van der Waals surface area contributed by atoms with E-state index in [0.717, 1.165) is 114 Å². The standard InChI is InChI=1S/C67H130O17P2/c1-9-60(8)46-38-30-25-26-32-40-48-65(70)78-54-63(84-67(72)50-42-34-24-18-21-29-37-45-59(6)7)56-82-86(75,76)80-52-61(68)51-79-85(73,74)81-55-62(53-77-64(69)47-39-31-22-17-13-15-20-28-36-44-58(4)5)83-66(71)49-41-33-23-16-12-10-11-14-19-27-35-43-57(2)3/h57-63,68H,9-56H2,1-8H3,(H,73,74)(H,75,76)/t60?,61-,62-,63-/m1/s1. The summed E-state index contributed by atoms with van der Waals surface area (Å²) < 4.78 is 68.1. The molecule has 0 spiro atoms. The van der Waals surface area contributed by atoms with Crippen molar-refractivity contribution in [1.29, 1.82) is 0 Å². The van der Waals surface area contributed by atoms with Gasteiger partial charge < -0.3 is 33.8 Å². The summed E-state index contributed by atoms with van der Waals surface area (Å²) in [7, 11) is -9.90. The number of hydrogen-bond donors (Lipinski definition) is 3. The topological polar surface area (TPSA) is 237 Å². The Balaban J connectivity index is 5.26. The van der Waals surface area contributed by atoms with E-state index in [1.807, 2.05) is 0 Å². The van der Waals surface area contributed by atoms with Gasteiger partial charge in [-0.25, -0.2) is 9.13 Å². The van der Waals surface area contributed by atoms with Crippen LogP contribution in [0.1, 0.15) is 325 Å². The summed E-state index contributed by atoms with van der Waals surface area (Å²) in [4.78, 5) is 72.4. The Morgan fingerprint density at radius 1 is 0.326 bits per heavy atom. The molecule has 510 valence electrons. The average Bonchev–Trinajstić information content (AvgIpc) is 3.50. The smallest absolute Gasteiger partial charge is 0.462 e. The molecule has 0 heterocycles. The monoisotopic (exact) mass is 1270 g/mol. The van der Waals surface area contributed by atoms with Crippen molar-refractivity contribution in [2.24, 2.45) is 23.7 Å². The Hall–Kier alpha value is -1.94. The fraction of sp³-hybridized carbons (Fsp3) is 0.940. The first kappa shape index (κ1) is 84.1. The van der Waals surface area contributed by atoms with E-state index < -0.39 is 97.5 Å². The summed E-state index contributed by atoms with van der Waals surface area (Å²) >= 11 is 0. The minimum absolute atomic E-state index is 0.102. The Morgan fingerprint density at radius 3 is 0.826 bits per heavy atom. The van der Waals surface area contributed by atoms with Gasteiger partial charge >= 0.3 is 39.5 Å². The fourth-order valence-electron chi connectivity index (χ4n) is 9.93. The first-order valence-corrected chi connectivity index (χ1v) is 37.7. The van der Waals surface area contributed by atoms with Crippen LogP contribution in [0.25, 0.3) is 0 Å². The van der Waals surface area contributed by atoms with E-state index in [0.29, 0.717) is 31.6 Å². The summed E-state index contributed by atoms with van der Waals surface area (Å²) in [6.45, 7) is 14.0. The van der Waals surface area contributed by atoms with Crippen LogP contribution in [0.5, 0.6) is 0 Å². The van der Waals surface area contributed by atoms with Crippen LogP contribution in [0.4, 0.5) is 0 Å².